The Labute approximate surface area is 138 Å². The highest BCUT2D eigenvalue weighted by molar-refractivity contribution is 5.93. The van der Waals surface area contributed by atoms with Crippen LogP contribution >= 0.6 is 0 Å². The fraction of sp³-hybridized carbons (Fsp3) is 0.118. The van der Waals surface area contributed by atoms with Crippen LogP contribution in [0, 0.1) is 0 Å². The van der Waals surface area contributed by atoms with Crippen molar-refractivity contribution in [1.82, 2.24) is 15.6 Å². The van der Waals surface area contributed by atoms with Crippen LogP contribution in [-0.2, 0) is 0 Å². The van der Waals surface area contributed by atoms with E-state index in [1.807, 2.05) is 31.2 Å². The van der Waals surface area contributed by atoms with E-state index in [9.17, 15) is 4.79 Å². The number of hydrogen-bond acceptors (Lipinski definition) is 5. The number of nitrogens with zero attached hydrogens (tertiary/aromatic N) is 2. The zero-order valence-corrected chi connectivity index (χ0v) is 13.0. The third-order valence-corrected chi connectivity index (χ3v) is 3.16. The SMILES string of the molecule is CCOc1cccc(-c2cc(C(=O)N/N=C\c3ccco3)[nH]n2)c1. The maximum atomic E-state index is 12.0. The van der Waals surface area contributed by atoms with Crippen LogP contribution in [0.5, 0.6) is 5.75 Å². The normalized spacial score (nSPS) is 10.9. The highest BCUT2D eigenvalue weighted by Gasteiger charge is 2.11. The van der Waals surface area contributed by atoms with Crippen molar-refractivity contribution in [1.29, 1.82) is 0 Å². The first-order valence-electron chi connectivity index (χ1n) is 7.42. The van der Waals surface area contributed by atoms with Gasteiger partial charge < -0.3 is 9.15 Å². The molecule has 0 bridgehead atoms. The Morgan fingerprint density at radius 2 is 2.29 bits per heavy atom. The zero-order chi connectivity index (χ0) is 16.8. The van der Waals surface area contributed by atoms with Crippen LogP contribution in [0.4, 0.5) is 0 Å². The van der Waals surface area contributed by atoms with E-state index in [-0.39, 0.29) is 0 Å². The van der Waals surface area contributed by atoms with Crippen LogP contribution < -0.4 is 10.2 Å². The zero-order valence-electron chi connectivity index (χ0n) is 13.0. The van der Waals surface area contributed by atoms with Gasteiger partial charge in [-0.15, -0.1) is 0 Å². The van der Waals surface area contributed by atoms with Crippen molar-refractivity contribution in [2.75, 3.05) is 6.61 Å². The molecular formula is C17H16N4O3. The molecule has 7 heteroatoms. The van der Waals surface area contributed by atoms with Gasteiger partial charge >= 0.3 is 0 Å². The molecule has 0 saturated carbocycles. The molecule has 1 aromatic carbocycles. The lowest BCUT2D eigenvalue weighted by molar-refractivity contribution is 0.0950. The average molecular weight is 324 g/mol. The number of aromatic amines is 1. The van der Waals surface area contributed by atoms with E-state index in [2.05, 4.69) is 20.7 Å². The highest BCUT2D eigenvalue weighted by atomic mass is 16.5. The molecule has 0 radical (unpaired) electrons. The van der Waals surface area contributed by atoms with Crippen LogP contribution in [0.3, 0.4) is 0 Å². The summed E-state index contributed by atoms with van der Waals surface area (Å²) in [5.74, 6) is 0.915. The van der Waals surface area contributed by atoms with E-state index in [4.69, 9.17) is 9.15 Å². The van der Waals surface area contributed by atoms with Gasteiger partial charge in [0.25, 0.3) is 5.91 Å². The second-order valence-corrected chi connectivity index (χ2v) is 4.84. The third-order valence-electron chi connectivity index (χ3n) is 3.16. The van der Waals surface area contributed by atoms with Crippen LogP contribution in [0.2, 0.25) is 0 Å². The number of H-pyrrole nitrogens is 1. The van der Waals surface area contributed by atoms with Crippen LogP contribution in [0.25, 0.3) is 11.3 Å². The van der Waals surface area contributed by atoms with E-state index in [1.165, 1.54) is 12.5 Å². The molecule has 2 N–H and O–H groups in total. The molecule has 0 atom stereocenters. The molecular weight excluding hydrogens is 308 g/mol. The van der Waals surface area contributed by atoms with Crippen molar-refractivity contribution >= 4 is 12.1 Å². The van der Waals surface area contributed by atoms with Gasteiger partial charge in [0.1, 0.15) is 17.2 Å². The van der Waals surface area contributed by atoms with Crippen molar-refractivity contribution in [3.63, 3.8) is 0 Å². The molecule has 3 rings (SSSR count). The van der Waals surface area contributed by atoms with E-state index >= 15 is 0 Å². The number of ether oxygens (including phenoxy) is 1. The topological polar surface area (TPSA) is 92.5 Å². The van der Waals surface area contributed by atoms with Crippen molar-refractivity contribution in [2.45, 2.75) is 6.92 Å². The fourth-order valence-corrected chi connectivity index (χ4v) is 2.08. The maximum absolute atomic E-state index is 12.0. The predicted octanol–water partition coefficient (Wildman–Crippen LogP) is 2.83. The molecule has 0 saturated heterocycles. The number of carbonyl (C=O) groups excluding carboxylic acids is 1. The number of hydrogen-bond donors (Lipinski definition) is 2. The number of hydrazone groups is 1. The minimum atomic E-state index is -0.391. The van der Waals surface area contributed by atoms with E-state index in [0.717, 1.165) is 11.3 Å². The molecule has 0 aliphatic carbocycles. The standard InChI is InChI=1S/C17H16N4O3/c1-2-23-13-6-3-5-12(9-13)15-10-16(20-19-15)17(22)21-18-11-14-7-4-8-24-14/h3-11H,2H2,1H3,(H,19,20)(H,21,22)/b18-11-. The predicted molar refractivity (Wildman–Crippen MR) is 89.0 cm³/mol. The molecule has 1 amide bonds. The number of aromatic nitrogens is 2. The van der Waals surface area contributed by atoms with Gasteiger partial charge in [0.2, 0.25) is 0 Å². The molecule has 0 spiro atoms. The summed E-state index contributed by atoms with van der Waals surface area (Å²) in [4.78, 5) is 12.0. The van der Waals surface area contributed by atoms with Gasteiger partial charge in [-0.1, -0.05) is 12.1 Å². The molecule has 3 aromatic rings. The number of carbonyl (C=O) groups is 1. The Hall–Kier alpha value is -3.35. The Bertz CT molecular complexity index is 837. The summed E-state index contributed by atoms with van der Waals surface area (Å²) < 4.78 is 10.5. The van der Waals surface area contributed by atoms with Crippen molar-refractivity contribution in [3.8, 4) is 17.0 Å². The molecule has 0 fully saturated rings. The average Bonchev–Trinajstić information content (AvgIpc) is 3.27. The van der Waals surface area contributed by atoms with Crippen LogP contribution in [-0.4, -0.2) is 28.9 Å². The Morgan fingerprint density at radius 1 is 1.38 bits per heavy atom. The van der Waals surface area contributed by atoms with Crippen molar-refractivity contribution in [2.24, 2.45) is 5.10 Å². The molecule has 0 unspecified atom stereocenters. The number of benzene rings is 1. The molecule has 0 aliphatic rings. The summed E-state index contributed by atoms with van der Waals surface area (Å²) in [6.45, 7) is 2.51. The Morgan fingerprint density at radius 3 is 3.08 bits per heavy atom. The highest BCUT2D eigenvalue weighted by Crippen LogP contribution is 2.22. The van der Waals surface area contributed by atoms with Gasteiger partial charge in [-0.2, -0.15) is 10.2 Å². The van der Waals surface area contributed by atoms with Crippen molar-refractivity contribution in [3.05, 3.63) is 60.2 Å². The molecule has 122 valence electrons. The second-order valence-electron chi connectivity index (χ2n) is 4.84. The van der Waals surface area contributed by atoms with Crippen LogP contribution in [0.1, 0.15) is 23.2 Å². The molecule has 2 aromatic heterocycles. The molecule has 2 heterocycles. The van der Waals surface area contributed by atoms with Gasteiger partial charge in [-0.05, 0) is 37.3 Å². The Balaban J connectivity index is 1.68. The van der Waals surface area contributed by atoms with E-state index in [1.54, 1.807) is 18.2 Å². The smallest absolute Gasteiger partial charge is 0.289 e. The Kier molecular flexibility index (Phi) is 4.71. The summed E-state index contributed by atoms with van der Waals surface area (Å²) in [5.41, 5.74) is 4.22. The lowest BCUT2D eigenvalue weighted by Crippen LogP contribution is -2.17. The minimum absolute atomic E-state index is 0.309. The van der Waals surface area contributed by atoms with E-state index in [0.29, 0.717) is 23.8 Å². The molecule has 7 nitrogen and oxygen atoms in total. The van der Waals surface area contributed by atoms with Crippen molar-refractivity contribution < 1.29 is 13.9 Å². The van der Waals surface area contributed by atoms with Gasteiger partial charge in [0, 0.05) is 5.56 Å². The largest absolute Gasteiger partial charge is 0.494 e. The van der Waals surface area contributed by atoms with Gasteiger partial charge in [0.05, 0.1) is 24.8 Å². The first-order valence-corrected chi connectivity index (χ1v) is 7.42. The summed E-state index contributed by atoms with van der Waals surface area (Å²) in [7, 11) is 0. The van der Waals surface area contributed by atoms with Gasteiger partial charge in [-0.3, -0.25) is 9.89 Å². The second kappa shape index (κ2) is 7.28. The summed E-state index contributed by atoms with van der Waals surface area (Å²) in [6.07, 6.45) is 2.95. The van der Waals surface area contributed by atoms with Gasteiger partial charge in [-0.25, -0.2) is 5.43 Å². The first kappa shape index (κ1) is 15.5. The minimum Gasteiger partial charge on any atom is -0.494 e. The summed E-state index contributed by atoms with van der Waals surface area (Å²) >= 11 is 0. The summed E-state index contributed by atoms with van der Waals surface area (Å²) in [6, 6.07) is 12.6. The third kappa shape index (κ3) is 3.70. The lowest BCUT2D eigenvalue weighted by Gasteiger charge is -2.03. The molecule has 0 aliphatic heterocycles. The lowest BCUT2D eigenvalue weighted by atomic mass is 10.1. The van der Waals surface area contributed by atoms with Crippen LogP contribution in [0.15, 0.2) is 58.2 Å². The first-order chi connectivity index (χ1) is 11.8. The summed E-state index contributed by atoms with van der Waals surface area (Å²) in [5, 5.41) is 10.7. The maximum Gasteiger partial charge on any atom is 0.289 e. The van der Waals surface area contributed by atoms with E-state index < -0.39 is 5.91 Å². The number of rotatable bonds is 6. The monoisotopic (exact) mass is 324 g/mol. The van der Waals surface area contributed by atoms with Gasteiger partial charge in [0.15, 0.2) is 0 Å². The number of nitrogens with one attached hydrogen (secondary N) is 2. The number of amides is 1. The molecule has 24 heavy (non-hydrogen) atoms. The fourth-order valence-electron chi connectivity index (χ4n) is 2.08. The number of furan rings is 1. The quantitative estimate of drug-likeness (QED) is 0.538.